The van der Waals surface area contributed by atoms with Crippen molar-refractivity contribution in [1.82, 2.24) is 0 Å². The van der Waals surface area contributed by atoms with Gasteiger partial charge in [-0.1, -0.05) is 18.2 Å². The summed E-state index contributed by atoms with van der Waals surface area (Å²) < 4.78 is 30.1. The Bertz CT molecular complexity index is 516. The highest BCUT2D eigenvalue weighted by molar-refractivity contribution is 5.95. The monoisotopic (exact) mass is 212 g/mol. The molecule has 2 rings (SSSR count). The fourth-order valence-electron chi connectivity index (χ4n) is 1.44. The quantitative estimate of drug-likeness (QED) is 0.832. The van der Waals surface area contributed by atoms with Crippen molar-refractivity contribution < 1.29 is 23.1 Å². The van der Waals surface area contributed by atoms with Gasteiger partial charge in [-0.05, 0) is 6.07 Å². The van der Waals surface area contributed by atoms with Crippen molar-refractivity contribution in [2.45, 2.75) is 6.43 Å². The van der Waals surface area contributed by atoms with Crippen molar-refractivity contribution in [3.05, 3.63) is 35.6 Å². The van der Waals surface area contributed by atoms with Gasteiger partial charge < -0.3 is 9.52 Å². The summed E-state index contributed by atoms with van der Waals surface area (Å²) in [6, 6.07) is 6.00. The summed E-state index contributed by atoms with van der Waals surface area (Å²) in [5, 5.41) is 8.83. The molecule has 0 saturated carbocycles. The zero-order chi connectivity index (χ0) is 11.0. The predicted octanol–water partition coefficient (Wildman–Crippen LogP) is 3.07. The van der Waals surface area contributed by atoms with E-state index in [0.717, 1.165) is 0 Å². The Labute approximate surface area is 82.9 Å². The van der Waals surface area contributed by atoms with Crippen LogP contribution in [0.4, 0.5) is 8.78 Å². The molecule has 3 nitrogen and oxygen atoms in total. The Hall–Kier alpha value is -1.91. The van der Waals surface area contributed by atoms with Crippen molar-refractivity contribution in [2.75, 3.05) is 0 Å². The topological polar surface area (TPSA) is 50.4 Å². The van der Waals surface area contributed by atoms with Gasteiger partial charge in [-0.3, -0.25) is 0 Å². The number of aromatic carboxylic acids is 1. The number of fused-ring (bicyclic) bond motifs is 1. The summed E-state index contributed by atoms with van der Waals surface area (Å²) in [6.45, 7) is 0. The first kappa shape index (κ1) is 9.64. The number of para-hydroxylation sites is 1. The number of alkyl halides is 2. The minimum Gasteiger partial charge on any atom is -0.475 e. The Morgan fingerprint density at radius 2 is 2.00 bits per heavy atom. The molecule has 0 atom stereocenters. The van der Waals surface area contributed by atoms with E-state index in [4.69, 9.17) is 9.52 Å². The lowest BCUT2D eigenvalue weighted by Gasteiger charge is -1.96. The first-order valence-electron chi connectivity index (χ1n) is 4.14. The van der Waals surface area contributed by atoms with Crippen LogP contribution in [0.3, 0.4) is 0 Å². The molecule has 0 aliphatic rings. The van der Waals surface area contributed by atoms with Gasteiger partial charge in [-0.2, -0.15) is 0 Å². The van der Waals surface area contributed by atoms with E-state index in [0.29, 0.717) is 0 Å². The average molecular weight is 212 g/mol. The lowest BCUT2D eigenvalue weighted by atomic mass is 10.1. The second-order valence-corrected chi connectivity index (χ2v) is 2.95. The Balaban J connectivity index is 2.80. The standard InChI is InChI=1S/C10H6F2O3/c11-9(12)7-5-3-1-2-4-6(5)15-8(7)10(13)14/h1-4,9H,(H,13,14). The fourth-order valence-corrected chi connectivity index (χ4v) is 1.44. The summed E-state index contributed by atoms with van der Waals surface area (Å²) in [5.74, 6) is -2.17. The highest BCUT2D eigenvalue weighted by atomic mass is 19.3. The van der Waals surface area contributed by atoms with Gasteiger partial charge in [0, 0.05) is 5.39 Å². The third kappa shape index (κ3) is 1.45. The zero-order valence-electron chi connectivity index (χ0n) is 7.41. The number of carboxylic acid groups (broad SMARTS) is 1. The second kappa shape index (κ2) is 3.34. The number of furan rings is 1. The summed E-state index contributed by atoms with van der Waals surface area (Å²) >= 11 is 0. The third-order valence-corrected chi connectivity index (χ3v) is 2.05. The maximum absolute atomic E-state index is 12.6. The zero-order valence-corrected chi connectivity index (χ0v) is 7.41. The van der Waals surface area contributed by atoms with E-state index in [9.17, 15) is 13.6 Å². The van der Waals surface area contributed by atoms with Crippen molar-refractivity contribution in [2.24, 2.45) is 0 Å². The van der Waals surface area contributed by atoms with Gasteiger partial charge in [-0.25, -0.2) is 13.6 Å². The molecule has 1 aromatic carbocycles. The molecule has 0 aliphatic carbocycles. The van der Waals surface area contributed by atoms with Crippen LogP contribution in [0.2, 0.25) is 0 Å². The molecule has 0 saturated heterocycles. The highest BCUT2D eigenvalue weighted by Gasteiger charge is 2.25. The normalized spacial score (nSPS) is 11.1. The first-order chi connectivity index (χ1) is 7.11. The number of benzene rings is 1. The smallest absolute Gasteiger partial charge is 0.372 e. The molecule has 0 spiro atoms. The van der Waals surface area contributed by atoms with Crippen LogP contribution in [-0.4, -0.2) is 11.1 Å². The molecular formula is C10H6F2O3. The van der Waals surface area contributed by atoms with Gasteiger partial charge in [0.25, 0.3) is 6.43 Å². The van der Waals surface area contributed by atoms with Gasteiger partial charge in [0.05, 0.1) is 5.56 Å². The van der Waals surface area contributed by atoms with Crippen molar-refractivity contribution in [3.8, 4) is 0 Å². The molecule has 0 unspecified atom stereocenters. The van der Waals surface area contributed by atoms with E-state index in [-0.39, 0.29) is 11.0 Å². The van der Waals surface area contributed by atoms with Crippen LogP contribution < -0.4 is 0 Å². The summed E-state index contributed by atoms with van der Waals surface area (Å²) in [5.41, 5.74) is -0.400. The molecule has 5 heteroatoms. The molecule has 1 heterocycles. The predicted molar refractivity (Wildman–Crippen MR) is 48.1 cm³/mol. The van der Waals surface area contributed by atoms with Crippen molar-refractivity contribution in [1.29, 1.82) is 0 Å². The molecule has 0 bridgehead atoms. The maximum atomic E-state index is 12.6. The largest absolute Gasteiger partial charge is 0.475 e. The van der Waals surface area contributed by atoms with Gasteiger partial charge >= 0.3 is 5.97 Å². The average Bonchev–Trinajstić information content (AvgIpc) is 2.56. The first-order valence-corrected chi connectivity index (χ1v) is 4.14. The molecule has 1 N–H and O–H groups in total. The molecule has 0 aliphatic heterocycles. The van der Waals surface area contributed by atoms with Crippen LogP contribution in [0.1, 0.15) is 22.5 Å². The van der Waals surface area contributed by atoms with Gasteiger partial charge in [0.1, 0.15) is 5.58 Å². The van der Waals surface area contributed by atoms with Crippen LogP contribution in [0.5, 0.6) is 0 Å². The van der Waals surface area contributed by atoms with Crippen LogP contribution >= 0.6 is 0 Å². The molecular weight excluding hydrogens is 206 g/mol. The molecule has 2 aromatic rings. The Morgan fingerprint density at radius 1 is 1.33 bits per heavy atom. The van der Waals surface area contributed by atoms with Gasteiger partial charge in [-0.15, -0.1) is 0 Å². The maximum Gasteiger partial charge on any atom is 0.372 e. The number of halogens is 2. The molecule has 0 radical (unpaired) electrons. The number of carboxylic acids is 1. The molecule has 0 fully saturated rings. The number of hydrogen-bond acceptors (Lipinski definition) is 2. The van der Waals surface area contributed by atoms with Crippen LogP contribution in [0.15, 0.2) is 28.7 Å². The van der Waals surface area contributed by atoms with E-state index in [2.05, 4.69) is 0 Å². The van der Waals surface area contributed by atoms with Crippen LogP contribution in [0.25, 0.3) is 11.0 Å². The number of hydrogen-bond donors (Lipinski definition) is 1. The summed E-state index contributed by atoms with van der Waals surface area (Å²) in [4.78, 5) is 10.7. The van der Waals surface area contributed by atoms with E-state index in [1.54, 1.807) is 12.1 Å². The van der Waals surface area contributed by atoms with Crippen LogP contribution in [-0.2, 0) is 0 Å². The second-order valence-electron chi connectivity index (χ2n) is 2.95. The van der Waals surface area contributed by atoms with E-state index in [1.807, 2.05) is 0 Å². The third-order valence-electron chi connectivity index (χ3n) is 2.05. The summed E-state index contributed by atoms with van der Waals surface area (Å²) in [6.07, 6.45) is -2.86. The lowest BCUT2D eigenvalue weighted by Crippen LogP contribution is -1.99. The van der Waals surface area contributed by atoms with Gasteiger partial charge in [0.15, 0.2) is 0 Å². The van der Waals surface area contributed by atoms with Crippen molar-refractivity contribution in [3.63, 3.8) is 0 Å². The minimum absolute atomic E-state index is 0.143. The number of rotatable bonds is 2. The fraction of sp³-hybridized carbons (Fsp3) is 0.100. The van der Waals surface area contributed by atoms with E-state index >= 15 is 0 Å². The molecule has 15 heavy (non-hydrogen) atoms. The molecule has 0 amide bonds. The molecule has 1 aromatic heterocycles. The highest BCUT2D eigenvalue weighted by Crippen LogP contribution is 2.33. The Morgan fingerprint density at radius 3 is 2.60 bits per heavy atom. The van der Waals surface area contributed by atoms with Crippen LogP contribution in [0, 0.1) is 0 Å². The minimum atomic E-state index is -2.86. The molecule has 78 valence electrons. The lowest BCUT2D eigenvalue weighted by molar-refractivity contribution is 0.0649. The van der Waals surface area contributed by atoms with E-state index < -0.39 is 23.7 Å². The summed E-state index contributed by atoms with van der Waals surface area (Å²) in [7, 11) is 0. The van der Waals surface area contributed by atoms with E-state index in [1.165, 1.54) is 12.1 Å². The SMILES string of the molecule is O=C(O)c1oc2ccccc2c1C(F)F. The Kier molecular flexibility index (Phi) is 2.15. The number of carbonyl (C=O) groups is 1. The van der Waals surface area contributed by atoms with Crippen molar-refractivity contribution >= 4 is 16.9 Å². The van der Waals surface area contributed by atoms with Gasteiger partial charge in [0.2, 0.25) is 5.76 Å².